The van der Waals surface area contributed by atoms with E-state index in [1.165, 1.54) is 23.0 Å². The van der Waals surface area contributed by atoms with Crippen molar-refractivity contribution in [1.82, 2.24) is 24.5 Å². The number of pyridine rings is 1. The lowest BCUT2D eigenvalue weighted by molar-refractivity contribution is 0.609. The van der Waals surface area contributed by atoms with Gasteiger partial charge in [0.1, 0.15) is 11.5 Å². The third-order valence-corrected chi connectivity index (χ3v) is 4.85. The molecule has 6 nitrogen and oxygen atoms in total. The molecule has 0 N–H and O–H groups in total. The number of benzene rings is 2. The van der Waals surface area contributed by atoms with Crippen LogP contribution in [0.5, 0.6) is 0 Å². The highest BCUT2D eigenvalue weighted by Gasteiger charge is 2.15. The summed E-state index contributed by atoms with van der Waals surface area (Å²) in [5, 5.41) is 8.74. The molecule has 150 valence electrons. The van der Waals surface area contributed by atoms with Crippen molar-refractivity contribution in [2.24, 2.45) is 0 Å². The number of hydrogen-bond donors (Lipinski definition) is 0. The quantitative estimate of drug-likeness (QED) is 0.444. The van der Waals surface area contributed by atoms with Gasteiger partial charge in [-0.1, -0.05) is 30.3 Å². The van der Waals surface area contributed by atoms with Gasteiger partial charge in [-0.15, -0.1) is 0 Å². The van der Waals surface area contributed by atoms with Gasteiger partial charge >= 0.3 is 0 Å². The minimum Gasteiger partial charge on any atom is -0.287 e. The molecule has 0 aliphatic carbocycles. The second kappa shape index (κ2) is 7.79. The maximum atomic E-state index is 15.0. The Kier molecular flexibility index (Phi) is 4.68. The summed E-state index contributed by atoms with van der Waals surface area (Å²) in [6, 6.07) is 22.8. The third-order valence-electron chi connectivity index (χ3n) is 4.85. The fourth-order valence-corrected chi connectivity index (χ4v) is 3.36. The molecule has 0 saturated carbocycles. The van der Waals surface area contributed by atoms with Gasteiger partial charge in [-0.25, -0.2) is 13.8 Å². The number of para-hydroxylation sites is 1. The average Bonchev–Trinajstić information content (AvgIpc) is 3.30. The van der Waals surface area contributed by atoms with Crippen LogP contribution in [-0.2, 0) is 0 Å². The van der Waals surface area contributed by atoms with E-state index >= 15 is 0 Å². The number of hydrogen-bond acceptors (Lipinski definition) is 4. The van der Waals surface area contributed by atoms with Crippen molar-refractivity contribution >= 4 is 0 Å². The first-order valence-electron chi connectivity index (χ1n) is 9.62. The molecule has 0 bridgehead atoms. The summed E-state index contributed by atoms with van der Waals surface area (Å²) in [5.41, 5.74) is 2.78. The maximum absolute atomic E-state index is 15.0. The predicted octanol–water partition coefficient (Wildman–Crippen LogP) is 4.29. The van der Waals surface area contributed by atoms with Gasteiger partial charge in [0.15, 0.2) is 5.69 Å². The lowest BCUT2D eigenvalue weighted by atomic mass is 10.1. The van der Waals surface area contributed by atoms with Gasteiger partial charge in [-0.05, 0) is 42.5 Å². The van der Waals surface area contributed by atoms with Crippen LogP contribution >= 0.6 is 0 Å². The van der Waals surface area contributed by atoms with Crippen molar-refractivity contribution in [3.05, 3.63) is 113 Å². The minimum atomic E-state index is -0.471. The van der Waals surface area contributed by atoms with Crippen molar-refractivity contribution in [1.29, 1.82) is 0 Å². The van der Waals surface area contributed by atoms with Gasteiger partial charge in [0, 0.05) is 24.0 Å². The topological polar surface area (TPSA) is 65.6 Å². The van der Waals surface area contributed by atoms with E-state index in [1.54, 1.807) is 41.3 Å². The van der Waals surface area contributed by atoms with E-state index in [-0.39, 0.29) is 16.8 Å². The Balaban J connectivity index is 1.58. The van der Waals surface area contributed by atoms with Gasteiger partial charge in [-0.2, -0.15) is 10.2 Å². The lowest BCUT2D eigenvalue weighted by Crippen LogP contribution is -2.15. The standard InChI is InChI=1S/C24H16FN5O/c25-19-16-17(20-8-4-5-13-26-20)9-10-21(19)29-15-12-23(31)24(28-29)22-11-14-27-30(22)18-6-2-1-3-7-18/h1-16H. The predicted molar refractivity (Wildman–Crippen MR) is 116 cm³/mol. The smallest absolute Gasteiger partial charge is 0.209 e. The van der Waals surface area contributed by atoms with Crippen LogP contribution in [-0.4, -0.2) is 24.5 Å². The normalized spacial score (nSPS) is 10.9. The zero-order valence-corrected chi connectivity index (χ0v) is 16.3. The molecule has 3 aromatic heterocycles. The van der Waals surface area contributed by atoms with Crippen LogP contribution in [0.3, 0.4) is 0 Å². The Labute approximate surface area is 176 Å². The van der Waals surface area contributed by atoms with Crippen molar-refractivity contribution < 1.29 is 4.39 Å². The molecule has 0 aliphatic heterocycles. The largest absolute Gasteiger partial charge is 0.287 e. The monoisotopic (exact) mass is 409 g/mol. The molecule has 0 fully saturated rings. The summed E-state index contributed by atoms with van der Waals surface area (Å²) in [7, 11) is 0. The molecule has 0 amide bonds. The summed E-state index contributed by atoms with van der Waals surface area (Å²) < 4.78 is 17.9. The highest BCUT2D eigenvalue weighted by molar-refractivity contribution is 5.61. The number of aromatic nitrogens is 5. The molecule has 2 aromatic carbocycles. The summed E-state index contributed by atoms with van der Waals surface area (Å²) in [6.45, 7) is 0. The van der Waals surface area contributed by atoms with Crippen molar-refractivity contribution in [2.45, 2.75) is 0 Å². The van der Waals surface area contributed by atoms with E-state index in [0.29, 0.717) is 17.0 Å². The molecule has 0 spiro atoms. The molecule has 0 atom stereocenters. The van der Waals surface area contributed by atoms with Gasteiger partial charge in [0.05, 0.1) is 23.3 Å². The Morgan fingerprint density at radius 3 is 2.45 bits per heavy atom. The molecule has 31 heavy (non-hydrogen) atoms. The SMILES string of the molecule is O=c1ccn(-c2ccc(-c3ccccn3)cc2F)nc1-c1ccnn1-c1ccccc1. The summed E-state index contributed by atoms with van der Waals surface area (Å²) >= 11 is 0. The lowest BCUT2D eigenvalue weighted by Gasteiger charge is -2.11. The van der Waals surface area contributed by atoms with Gasteiger partial charge in [-0.3, -0.25) is 9.78 Å². The van der Waals surface area contributed by atoms with Crippen molar-refractivity contribution in [2.75, 3.05) is 0 Å². The van der Waals surface area contributed by atoms with E-state index < -0.39 is 5.82 Å². The molecule has 5 aromatic rings. The summed E-state index contributed by atoms with van der Waals surface area (Å²) in [5.74, 6) is -0.471. The Morgan fingerprint density at radius 1 is 0.839 bits per heavy atom. The maximum Gasteiger partial charge on any atom is 0.209 e. The summed E-state index contributed by atoms with van der Waals surface area (Å²) in [6.07, 6.45) is 4.71. The number of halogens is 1. The molecule has 0 saturated heterocycles. The van der Waals surface area contributed by atoms with Gasteiger partial charge < -0.3 is 0 Å². The molecule has 3 heterocycles. The van der Waals surface area contributed by atoms with Crippen LogP contribution < -0.4 is 5.43 Å². The molecule has 0 radical (unpaired) electrons. The molecule has 5 rings (SSSR count). The molecule has 0 unspecified atom stereocenters. The first-order chi connectivity index (χ1) is 15.2. The fourth-order valence-electron chi connectivity index (χ4n) is 3.36. The number of nitrogens with zero attached hydrogens (tertiary/aromatic N) is 5. The Bertz CT molecular complexity index is 1410. The van der Waals surface area contributed by atoms with E-state index in [4.69, 9.17) is 0 Å². The zero-order valence-electron chi connectivity index (χ0n) is 16.3. The second-order valence-corrected chi connectivity index (χ2v) is 6.82. The Hall–Kier alpha value is -4.39. The van der Waals surface area contributed by atoms with E-state index in [2.05, 4.69) is 15.2 Å². The minimum absolute atomic E-state index is 0.178. The first-order valence-corrected chi connectivity index (χ1v) is 9.62. The van der Waals surface area contributed by atoms with Crippen molar-refractivity contribution in [3.63, 3.8) is 0 Å². The van der Waals surface area contributed by atoms with Crippen LogP contribution in [0.15, 0.2) is 102 Å². The number of rotatable bonds is 4. The third kappa shape index (κ3) is 3.53. The molecular weight excluding hydrogens is 393 g/mol. The molecule has 7 heteroatoms. The Morgan fingerprint density at radius 2 is 1.68 bits per heavy atom. The van der Waals surface area contributed by atoms with Gasteiger partial charge in [0.2, 0.25) is 5.43 Å². The van der Waals surface area contributed by atoms with Crippen LogP contribution in [0.1, 0.15) is 0 Å². The van der Waals surface area contributed by atoms with E-state index in [1.807, 2.05) is 42.5 Å². The van der Waals surface area contributed by atoms with Gasteiger partial charge in [0.25, 0.3) is 0 Å². The van der Waals surface area contributed by atoms with Crippen LogP contribution in [0.2, 0.25) is 0 Å². The highest BCUT2D eigenvalue weighted by atomic mass is 19.1. The van der Waals surface area contributed by atoms with E-state index in [9.17, 15) is 9.18 Å². The summed E-state index contributed by atoms with van der Waals surface area (Å²) in [4.78, 5) is 16.8. The zero-order chi connectivity index (χ0) is 21.2. The van der Waals surface area contributed by atoms with Crippen LogP contribution in [0.4, 0.5) is 4.39 Å². The first kappa shape index (κ1) is 18.6. The molecular formula is C24H16FN5O. The average molecular weight is 409 g/mol. The highest BCUT2D eigenvalue weighted by Crippen LogP contribution is 2.23. The van der Waals surface area contributed by atoms with Crippen LogP contribution in [0, 0.1) is 5.82 Å². The molecule has 0 aliphatic rings. The fraction of sp³-hybridized carbons (Fsp3) is 0. The van der Waals surface area contributed by atoms with Crippen molar-refractivity contribution in [3.8, 4) is 34.0 Å². The van der Waals surface area contributed by atoms with E-state index in [0.717, 1.165) is 5.69 Å². The van der Waals surface area contributed by atoms with Crippen LogP contribution in [0.25, 0.3) is 34.0 Å². The second-order valence-electron chi connectivity index (χ2n) is 6.82.